The highest BCUT2D eigenvalue weighted by Gasteiger charge is 2.24. The van der Waals surface area contributed by atoms with Gasteiger partial charge in [0.25, 0.3) is 0 Å². The summed E-state index contributed by atoms with van der Waals surface area (Å²) in [4.78, 5) is 19.0. The molecular formula is C14H28N4O. The van der Waals surface area contributed by atoms with Crippen LogP contribution in [0.2, 0.25) is 0 Å². The Morgan fingerprint density at radius 1 is 1.21 bits per heavy atom. The fourth-order valence-electron chi connectivity index (χ4n) is 2.98. The van der Waals surface area contributed by atoms with E-state index in [1.807, 2.05) is 4.90 Å². The Labute approximate surface area is 116 Å². The number of hydrogen-bond donors (Lipinski definition) is 1. The van der Waals surface area contributed by atoms with Gasteiger partial charge in [0.1, 0.15) is 0 Å². The summed E-state index contributed by atoms with van der Waals surface area (Å²) in [7, 11) is 2.21. The molecule has 2 aliphatic heterocycles. The summed E-state index contributed by atoms with van der Waals surface area (Å²) in [5, 5.41) is 3.28. The van der Waals surface area contributed by atoms with E-state index in [9.17, 15) is 4.79 Å². The van der Waals surface area contributed by atoms with E-state index in [-0.39, 0.29) is 0 Å². The SMILES string of the molecule is CCC1CN(CCC(=O)N2CCNCC2)CCN1C. The first-order chi connectivity index (χ1) is 9.20. The zero-order valence-corrected chi connectivity index (χ0v) is 12.4. The number of amides is 1. The molecule has 1 atom stereocenters. The van der Waals surface area contributed by atoms with Crippen molar-refractivity contribution in [2.24, 2.45) is 0 Å². The fourth-order valence-corrected chi connectivity index (χ4v) is 2.98. The number of piperazine rings is 2. The van der Waals surface area contributed by atoms with Gasteiger partial charge in [-0.1, -0.05) is 6.92 Å². The van der Waals surface area contributed by atoms with Crippen LogP contribution in [-0.4, -0.2) is 86.1 Å². The second kappa shape index (κ2) is 7.22. The summed E-state index contributed by atoms with van der Waals surface area (Å²) in [5.41, 5.74) is 0. The standard InChI is InChI=1S/C14H28N4O/c1-3-13-12-17(11-10-16(13)2)7-4-14(19)18-8-5-15-6-9-18/h13,15H,3-12H2,1-2H3. The van der Waals surface area contributed by atoms with Crippen LogP contribution in [0.1, 0.15) is 19.8 Å². The maximum absolute atomic E-state index is 12.1. The zero-order chi connectivity index (χ0) is 13.7. The lowest BCUT2D eigenvalue weighted by Gasteiger charge is -2.39. The van der Waals surface area contributed by atoms with E-state index in [2.05, 4.69) is 29.1 Å². The van der Waals surface area contributed by atoms with Crippen molar-refractivity contribution in [3.63, 3.8) is 0 Å². The summed E-state index contributed by atoms with van der Waals surface area (Å²) in [6.45, 7) is 10.1. The lowest BCUT2D eigenvalue weighted by Crippen LogP contribution is -2.52. The largest absolute Gasteiger partial charge is 0.340 e. The van der Waals surface area contributed by atoms with E-state index in [4.69, 9.17) is 0 Å². The molecule has 0 aliphatic carbocycles. The molecule has 19 heavy (non-hydrogen) atoms. The monoisotopic (exact) mass is 268 g/mol. The second-order valence-corrected chi connectivity index (χ2v) is 5.72. The smallest absolute Gasteiger partial charge is 0.223 e. The molecule has 110 valence electrons. The van der Waals surface area contributed by atoms with Crippen LogP contribution in [0, 0.1) is 0 Å². The predicted octanol–water partition coefficient (Wildman–Crippen LogP) is -0.166. The van der Waals surface area contributed by atoms with Crippen molar-refractivity contribution in [3.8, 4) is 0 Å². The number of rotatable bonds is 4. The topological polar surface area (TPSA) is 38.8 Å². The van der Waals surface area contributed by atoms with Crippen LogP contribution in [0.4, 0.5) is 0 Å². The number of hydrogen-bond acceptors (Lipinski definition) is 4. The minimum atomic E-state index is 0.327. The summed E-state index contributed by atoms with van der Waals surface area (Å²) in [6.07, 6.45) is 1.87. The Kier molecular flexibility index (Phi) is 5.60. The van der Waals surface area contributed by atoms with Crippen LogP contribution in [0.15, 0.2) is 0 Å². The van der Waals surface area contributed by atoms with Crippen LogP contribution in [0.3, 0.4) is 0 Å². The van der Waals surface area contributed by atoms with Gasteiger partial charge in [0.2, 0.25) is 5.91 Å². The third kappa shape index (κ3) is 4.16. The lowest BCUT2D eigenvalue weighted by molar-refractivity contribution is -0.132. The first kappa shape index (κ1) is 14.8. The molecule has 2 rings (SSSR count). The second-order valence-electron chi connectivity index (χ2n) is 5.72. The third-order valence-corrected chi connectivity index (χ3v) is 4.44. The Bertz CT molecular complexity index is 291. The molecule has 0 aromatic heterocycles. The van der Waals surface area contributed by atoms with Gasteiger partial charge in [0.05, 0.1) is 0 Å². The van der Waals surface area contributed by atoms with Gasteiger partial charge in [-0.3, -0.25) is 9.69 Å². The highest BCUT2D eigenvalue weighted by molar-refractivity contribution is 5.76. The van der Waals surface area contributed by atoms with E-state index < -0.39 is 0 Å². The summed E-state index contributed by atoms with van der Waals surface area (Å²) >= 11 is 0. The van der Waals surface area contributed by atoms with Gasteiger partial charge in [-0.2, -0.15) is 0 Å². The van der Waals surface area contributed by atoms with Crippen molar-refractivity contribution in [2.45, 2.75) is 25.8 Å². The molecule has 1 N–H and O–H groups in total. The van der Waals surface area contributed by atoms with Crippen LogP contribution >= 0.6 is 0 Å². The maximum Gasteiger partial charge on any atom is 0.223 e. The Balaban J connectivity index is 1.71. The van der Waals surface area contributed by atoms with Crippen molar-refractivity contribution < 1.29 is 4.79 Å². The molecular weight excluding hydrogens is 240 g/mol. The first-order valence-electron chi connectivity index (χ1n) is 7.61. The molecule has 0 spiro atoms. The molecule has 5 heteroatoms. The third-order valence-electron chi connectivity index (χ3n) is 4.44. The Hall–Kier alpha value is -0.650. The molecule has 0 radical (unpaired) electrons. The van der Waals surface area contributed by atoms with Crippen LogP contribution in [-0.2, 0) is 4.79 Å². The predicted molar refractivity (Wildman–Crippen MR) is 77.2 cm³/mol. The molecule has 5 nitrogen and oxygen atoms in total. The number of carbonyl (C=O) groups is 1. The van der Waals surface area contributed by atoms with Crippen LogP contribution in [0.5, 0.6) is 0 Å². The molecule has 2 fully saturated rings. The van der Waals surface area contributed by atoms with Gasteiger partial charge < -0.3 is 15.1 Å². The van der Waals surface area contributed by atoms with Crippen molar-refractivity contribution >= 4 is 5.91 Å². The number of likely N-dealkylation sites (N-methyl/N-ethyl adjacent to an activating group) is 1. The van der Waals surface area contributed by atoms with E-state index in [1.54, 1.807) is 0 Å². The molecule has 2 aliphatic rings. The number of carbonyl (C=O) groups excluding carboxylic acids is 1. The van der Waals surface area contributed by atoms with E-state index in [0.29, 0.717) is 18.4 Å². The molecule has 0 saturated carbocycles. The van der Waals surface area contributed by atoms with Gasteiger partial charge in [-0.15, -0.1) is 0 Å². The highest BCUT2D eigenvalue weighted by Crippen LogP contribution is 2.11. The zero-order valence-electron chi connectivity index (χ0n) is 12.4. The van der Waals surface area contributed by atoms with E-state index in [0.717, 1.165) is 52.4 Å². The number of nitrogens with zero attached hydrogens (tertiary/aromatic N) is 3. The van der Waals surface area contributed by atoms with Gasteiger partial charge in [-0.25, -0.2) is 0 Å². The van der Waals surface area contributed by atoms with Crippen molar-refractivity contribution in [2.75, 3.05) is 59.4 Å². The summed E-state index contributed by atoms with van der Waals surface area (Å²) < 4.78 is 0. The normalized spacial score (nSPS) is 26.6. The van der Waals surface area contributed by atoms with E-state index >= 15 is 0 Å². The quantitative estimate of drug-likeness (QED) is 0.769. The van der Waals surface area contributed by atoms with Crippen molar-refractivity contribution in [1.29, 1.82) is 0 Å². The van der Waals surface area contributed by atoms with Crippen LogP contribution < -0.4 is 5.32 Å². The molecule has 1 amide bonds. The summed E-state index contributed by atoms with van der Waals surface area (Å²) in [5.74, 6) is 0.327. The van der Waals surface area contributed by atoms with Gasteiger partial charge in [0, 0.05) is 64.8 Å². The lowest BCUT2D eigenvalue weighted by atomic mass is 10.1. The highest BCUT2D eigenvalue weighted by atomic mass is 16.2. The van der Waals surface area contributed by atoms with Gasteiger partial charge in [-0.05, 0) is 13.5 Å². The Morgan fingerprint density at radius 2 is 1.95 bits per heavy atom. The molecule has 0 aromatic carbocycles. The molecule has 2 saturated heterocycles. The van der Waals surface area contributed by atoms with Gasteiger partial charge in [0.15, 0.2) is 0 Å². The van der Waals surface area contributed by atoms with E-state index in [1.165, 1.54) is 6.42 Å². The maximum atomic E-state index is 12.1. The van der Waals surface area contributed by atoms with Crippen molar-refractivity contribution in [1.82, 2.24) is 20.0 Å². The molecule has 0 aromatic rings. The minimum Gasteiger partial charge on any atom is -0.340 e. The fraction of sp³-hybridized carbons (Fsp3) is 0.929. The number of nitrogens with one attached hydrogen (secondary N) is 1. The summed E-state index contributed by atoms with van der Waals surface area (Å²) in [6, 6.07) is 0.656. The Morgan fingerprint density at radius 3 is 2.63 bits per heavy atom. The van der Waals surface area contributed by atoms with Crippen LogP contribution in [0.25, 0.3) is 0 Å². The first-order valence-corrected chi connectivity index (χ1v) is 7.61. The molecule has 1 unspecified atom stereocenters. The average molecular weight is 268 g/mol. The average Bonchev–Trinajstić information content (AvgIpc) is 2.47. The molecule has 2 heterocycles. The minimum absolute atomic E-state index is 0.327. The van der Waals surface area contributed by atoms with Crippen molar-refractivity contribution in [3.05, 3.63) is 0 Å². The molecule has 0 bridgehead atoms. The van der Waals surface area contributed by atoms with Gasteiger partial charge >= 0.3 is 0 Å².